The lowest BCUT2D eigenvalue weighted by molar-refractivity contribution is 0.319. The molecule has 0 fully saturated rings. The lowest BCUT2D eigenvalue weighted by atomic mass is 10.2. The summed E-state index contributed by atoms with van der Waals surface area (Å²) in [5.41, 5.74) is 1.05. The van der Waals surface area contributed by atoms with Gasteiger partial charge in [0, 0.05) is 5.30 Å². The molecule has 0 amide bonds. The zero-order valence-corrected chi connectivity index (χ0v) is 12.1. The predicted molar refractivity (Wildman–Crippen MR) is 80.1 cm³/mol. The first-order valence-electron chi connectivity index (χ1n) is 6.58. The van der Waals surface area contributed by atoms with Crippen LogP contribution in [0.3, 0.4) is 0 Å². The average Bonchev–Trinajstić information content (AvgIpc) is 2.47. The minimum absolute atomic E-state index is 0.456. The first kappa shape index (κ1) is 14.0. The van der Waals surface area contributed by atoms with Crippen LogP contribution in [0.2, 0.25) is 0 Å². The van der Waals surface area contributed by atoms with Gasteiger partial charge in [-0.2, -0.15) is 0 Å². The molecular weight excluding hydrogens is 255 g/mol. The lowest BCUT2D eigenvalue weighted by Crippen LogP contribution is -2.10. The summed E-state index contributed by atoms with van der Waals surface area (Å²) in [4.78, 5) is 0. The summed E-state index contributed by atoms with van der Waals surface area (Å²) in [5.74, 6) is 0. The van der Waals surface area contributed by atoms with Gasteiger partial charge < -0.3 is 4.52 Å². The highest BCUT2D eigenvalue weighted by Gasteiger charge is 2.25. The third-order valence-corrected chi connectivity index (χ3v) is 5.35. The monoisotopic (exact) mass is 274 g/mol. The molecule has 0 saturated heterocycles. The van der Waals surface area contributed by atoms with Gasteiger partial charge in [-0.05, 0) is 24.1 Å². The summed E-state index contributed by atoms with van der Waals surface area (Å²) in [6.07, 6.45) is 1.32. The molecule has 0 saturated carbocycles. The van der Waals surface area contributed by atoms with Crippen LogP contribution in [0.25, 0.3) is 0 Å². The number of rotatable bonds is 6. The summed E-state index contributed by atoms with van der Waals surface area (Å²) >= 11 is 0. The smallest absolute Gasteiger partial charge is 0.236 e. The van der Waals surface area contributed by atoms with Crippen LogP contribution in [-0.2, 0) is 15.3 Å². The van der Waals surface area contributed by atoms with Crippen molar-refractivity contribution in [3.63, 3.8) is 0 Å². The second-order valence-corrected chi connectivity index (χ2v) is 6.92. The molecule has 0 aliphatic carbocycles. The zero-order valence-electron chi connectivity index (χ0n) is 11.2. The Labute approximate surface area is 114 Å². The largest absolute Gasteiger partial charge is 0.325 e. The van der Waals surface area contributed by atoms with Crippen LogP contribution < -0.4 is 5.30 Å². The standard InChI is InChI=1S/C16H19O2P/c1-2-13-18-19(17,16-11-7-4-8-12-16)14-15-9-5-3-6-10-15/h3-12H,2,13-14H2,1H3. The summed E-state index contributed by atoms with van der Waals surface area (Å²) < 4.78 is 18.8. The second-order valence-electron chi connectivity index (χ2n) is 4.49. The molecule has 0 spiro atoms. The van der Waals surface area contributed by atoms with Gasteiger partial charge in [0.2, 0.25) is 7.37 Å². The van der Waals surface area contributed by atoms with Crippen LogP contribution in [0.15, 0.2) is 60.7 Å². The van der Waals surface area contributed by atoms with E-state index in [0.717, 1.165) is 17.3 Å². The fourth-order valence-corrected chi connectivity index (χ4v) is 4.15. The van der Waals surface area contributed by atoms with E-state index >= 15 is 0 Å². The first-order chi connectivity index (χ1) is 9.24. The predicted octanol–water partition coefficient (Wildman–Crippen LogP) is 4.22. The van der Waals surface area contributed by atoms with Crippen molar-refractivity contribution in [3.05, 3.63) is 66.2 Å². The van der Waals surface area contributed by atoms with E-state index in [1.165, 1.54) is 0 Å². The third kappa shape index (κ3) is 3.79. The van der Waals surface area contributed by atoms with E-state index in [2.05, 4.69) is 0 Å². The van der Waals surface area contributed by atoms with E-state index in [0.29, 0.717) is 12.8 Å². The van der Waals surface area contributed by atoms with Crippen molar-refractivity contribution < 1.29 is 9.09 Å². The Hall–Kier alpha value is -1.37. The van der Waals surface area contributed by atoms with Crippen molar-refractivity contribution in [2.24, 2.45) is 0 Å². The van der Waals surface area contributed by atoms with Gasteiger partial charge in [0.05, 0.1) is 12.8 Å². The minimum Gasteiger partial charge on any atom is -0.325 e. The fourth-order valence-electron chi connectivity index (χ4n) is 1.93. The molecule has 2 aromatic rings. The summed E-state index contributed by atoms with van der Waals surface area (Å²) in [6.45, 7) is 2.55. The molecule has 2 aromatic carbocycles. The van der Waals surface area contributed by atoms with Crippen LogP contribution in [0, 0.1) is 0 Å². The summed E-state index contributed by atoms with van der Waals surface area (Å²) in [7, 11) is -2.81. The lowest BCUT2D eigenvalue weighted by Gasteiger charge is -2.19. The number of benzene rings is 2. The molecule has 0 aromatic heterocycles. The van der Waals surface area contributed by atoms with E-state index < -0.39 is 7.37 Å². The second kappa shape index (κ2) is 6.70. The van der Waals surface area contributed by atoms with Crippen molar-refractivity contribution in [1.82, 2.24) is 0 Å². The Kier molecular flexibility index (Phi) is 4.95. The topological polar surface area (TPSA) is 26.3 Å². The van der Waals surface area contributed by atoms with Crippen molar-refractivity contribution in [2.75, 3.05) is 6.61 Å². The quantitative estimate of drug-likeness (QED) is 0.737. The van der Waals surface area contributed by atoms with Gasteiger partial charge >= 0.3 is 0 Å². The van der Waals surface area contributed by atoms with E-state index in [-0.39, 0.29) is 0 Å². The van der Waals surface area contributed by atoms with Gasteiger partial charge in [-0.3, -0.25) is 4.57 Å². The van der Waals surface area contributed by atoms with Crippen LogP contribution in [0.1, 0.15) is 18.9 Å². The highest BCUT2D eigenvalue weighted by Crippen LogP contribution is 2.49. The van der Waals surface area contributed by atoms with Gasteiger partial charge in [0.1, 0.15) is 0 Å². The van der Waals surface area contributed by atoms with Crippen LogP contribution in [0.4, 0.5) is 0 Å². The van der Waals surface area contributed by atoms with E-state index in [1.807, 2.05) is 67.6 Å². The Morgan fingerprint density at radius 2 is 1.53 bits per heavy atom. The molecule has 0 heterocycles. The van der Waals surface area contributed by atoms with Gasteiger partial charge in [-0.15, -0.1) is 0 Å². The van der Waals surface area contributed by atoms with E-state index in [1.54, 1.807) is 0 Å². The summed E-state index contributed by atoms with van der Waals surface area (Å²) in [6, 6.07) is 19.4. The molecule has 0 aliphatic rings. The van der Waals surface area contributed by atoms with Crippen molar-refractivity contribution in [3.8, 4) is 0 Å². The number of hydrogen-bond donors (Lipinski definition) is 0. The molecular formula is C16H19O2P. The van der Waals surface area contributed by atoms with Crippen LogP contribution in [0.5, 0.6) is 0 Å². The van der Waals surface area contributed by atoms with E-state index in [9.17, 15) is 4.57 Å². The average molecular weight is 274 g/mol. The molecule has 3 heteroatoms. The van der Waals surface area contributed by atoms with Crippen molar-refractivity contribution in [1.29, 1.82) is 0 Å². The molecule has 1 unspecified atom stereocenters. The van der Waals surface area contributed by atoms with Gasteiger partial charge in [-0.1, -0.05) is 55.5 Å². The highest BCUT2D eigenvalue weighted by atomic mass is 31.2. The Morgan fingerprint density at radius 3 is 2.11 bits per heavy atom. The van der Waals surface area contributed by atoms with Gasteiger partial charge in [0.15, 0.2) is 0 Å². The van der Waals surface area contributed by atoms with Crippen molar-refractivity contribution in [2.45, 2.75) is 19.5 Å². The Bertz CT molecular complexity index is 537. The minimum atomic E-state index is -2.81. The highest BCUT2D eigenvalue weighted by molar-refractivity contribution is 7.66. The Balaban J connectivity index is 2.27. The molecule has 19 heavy (non-hydrogen) atoms. The molecule has 0 aliphatic heterocycles. The summed E-state index contributed by atoms with van der Waals surface area (Å²) in [5, 5.41) is 0.798. The normalized spacial score (nSPS) is 13.9. The maximum atomic E-state index is 13.1. The maximum Gasteiger partial charge on any atom is 0.236 e. The molecule has 0 bridgehead atoms. The van der Waals surface area contributed by atoms with Crippen LogP contribution >= 0.6 is 7.37 Å². The maximum absolute atomic E-state index is 13.1. The molecule has 2 nitrogen and oxygen atoms in total. The molecule has 2 rings (SSSR count). The molecule has 1 atom stereocenters. The SMILES string of the molecule is CCCOP(=O)(Cc1ccccc1)c1ccccc1. The molecule has 0 N–H and O–H groups in total. The van der Waals surface area contributed by atoms with Crippen LogP contribution in [-0.4, -0.2) is 6.61 Å². The fraction of sp³-hybridized carbons (Fsp3) is 0.250. The zero-order chi connectivity index (χ0) is 13.6. The van der Waals surface area contributed by atoms with Gasteiger partial charge in [-0.25, -0.2) is 0 Å². The molecule has 100 valence electrons. The number of hydrogen-bond acceptors (Lipinski definition) is 2. The first-order valence-corrected chi connectivity index (χ1v) is 8.39. The van der Waals surface area contributed by atoms with E-state index in [4.69, 9.17) is 4.52 Å². The Morgan fingerprint density at radius 1 is 0.947 bits per heavy atom. The van der Waals surface area contributed by atoms with Gasteiger partial charge in [0.25, 0.3) is 0 Å². The third-order valence-electron chi connectivity index (χ3n) is 2.89. The molecule has 0 radical (unpaired) electrons. The van der Waals surface area contributed by atoms with Crippen molar-refractivity contribution >= 4 is 12.7 Å².